The van der Waals surface area contributed by atoms with Crippen molar-refractivity contribution in [3.05, 3.63) is 0 Å². The zero-order valence-electron chi connectivity index (χ0n) is 9.92. The third-order valence-corrected chi connectivity index (χ3v) is 4.10. The van der Waals surface area contributed by atoms with Crippen molar-refractivity contribution in [1.29, 1.82) is 0 Å². The molecule has 1 aliphatic carbocycles. The Hall–Kier alpha value is -0.0800. The Morgan fingerprint density at radius 2 is 2.14 bits per heavy atom. The maximum Gasteiger partial charge on any atom is 0.0963 e. The molecular weight excluding hydrogens is 176 g/mol. The van der Waals surface area contributed by atoms with Gasteiger partial charge in [-0.3, -0.25) is 5.26 Å². The summed E-state index contributed by atoms with van der Waals surface area (Å²) in [7, 11) is 0. The molecule has 84 valence electrons. The van der Waals surface area contributed by atoms with Gasteiger partial charge in [0.1, 0.15) is 0 Å². The first-order valence-electron chi connectivity index (χ1n) is 5.82. The average molecular weight is 200 g/mol. The lowest BCUT2D eigenvalue weighted by Crippen LogP contribution is -2.38. The Bertz CT molecular complexity index is 179. The summed E-state index contributed by atoms with van der Waals surface area (Å²) >= 11 is 0. The topological polar surface area (TPSA) is 29.5 Å². The maximum atomic E-state index is 8.94. The van der Waals surface area contributed by atoms with E-state index in [-0.39, 0.29) is 6.10 Å². The Morgan fingerprint density at radius 3 is 2.57 bits per heavy atom. The molecule has 0 heterocycles. The molecule has 0 aromatic carbocycles. The van der Waals surface area contributed by atoms with Gasteiger partial charge in [0.15, 0.2) is 0 Å². The second-order valence-electron chi connectivity index (χ2n) is 5.46. The van der Waals surface area contributed by atoms with Crippen LogP contribution in [0.3, 0.4) is 0 Å². The van der Waals surface area contributed by atoms with Crippen LogP contribution in [0.5, 0.6) is 0 Å². The SMILES string of the molecule is CCC1(C)CCC(C(C)C)C(OO)C1. The van der Waals surface area contributed by atoms with Crippen molar-refractivity contribution in [3.8, 4) is 0 Å². The van der Waals surface area contributed by atoms with Gasteiger partial charge in [0.25, 0.3) is 0 Å². The lowest BCUT2D eigenvalue weighted by Gasteiger charge is -2.42. The zero-order valence-corrected chi connectivity index (χ0v) is 9.92. The smallest absolute Gasteiger partial charge is 0.0963 e. The Morgan fingerprint density at radius 1 is 1.50 bits per heavy atom. The molecule has 0 aromatic rings. The van der Waals surface area contributed by atoms with Crippen LogP contribution in [0.4, 0.5) is 0 Å². The van der Waals surface area contributed by atoms with Crippen molar-refractivity contribution in [2.45, 2.75) is 59.5 Å². The summed E-state index contributed by atoms with van der Waals surface area (Å²) in [6.45, 7) is 8.95. The normalized spacial score (nSPS) is 39.0. The largest absolute Gasteiger partial charge is 0.252 e. The molecule has 0 aliphatic heterocycles. The highest BCUT2D eigenvalue weighted by molar-refractivity contribution is 4.88. The van der Waals surface area contributed by atoms with E-state index in [9.17, 15) is 0 Å². The van der Waals surface area contributed by atoms with Crippen LogP contribution < -0.4 is 0 Å². The standard InChI is InChI=1S/C12H24O2/c1-5-12(4)7-6-10(9(2)3)11(8-12)14-13/h9-11,13H,5-8H2,1-4H3. The first kappa shape index (κ1) is 12.0. The minimum atomic E-state index is 0.0497. The zero-order chi connectivity index (χ0) is 10.8. The molecule has 1 rings (SSSR count). The molecule has 1 aliphatic rings. The molecule has 0 spiro atoms. The fourth-order valence-corrected chi connectivity index (χ4v) is 2.64. The van der Waals surface area contributed by atoms with E-state index in [0.717, 1.165) is 6.42 Å². The Balaban J connectivity index is 2.63. The molecule has 3 atom stereocenters. The van der Waals surface area contributed by atoms with Gasteiger partial charge in [-0.2, -0.15) is 0 Å². The van der Waals surface area contributed by atoms with Gasteiger partial charge in [-0.1, -0.05) is 34.1 Å². The molecule has 0 amide bonds. The molecule has 2 heteroatoms. The molecule has 0 bridgehead atoms. The van der Waals surface area contributed by atoms with Crippen molar-refractivity contribution in [3.63, 3.8) is 0 Å². The molecule has 2 nitrogen and oxygen atoms in total. The summed E-state index contributed by atoms with van der Waals surface area (Å²) in [5.74, 6) is 1.13. The molecule has 1 saturated carbocycles. The van der Waals surface area contributed by atoms with E-state index < -0.39 is 0 Å². The van der Waals surface area contributed by atoms with Gasteiger partial charge in [-0.25, -0.2) is 4.89 Å². The van der Waals surface area contributed by atoms with Gasteiger partial charge in [0, 0.05) is 0 Å². The van der Waals surface area contributed by atoms with Crippen LogP contribution in [0, 0.1) is 17.3 Å². The van der Waals surface area contributed by atoms with E-state index in [2.05, 4.69) is 32.6 Å². The molecule has 1 N–H and O–H groups in total. The lowest BCUT2D eigenvalue weighted by molar-refractivity contribution is -0.305. The number of hydrogen-bond acceptors (Lipinski definition) is 2. The van der Waals surface area contributed by atoms with Crippen molar-refractivity contribution < 1.29 is 10.1 Å². The fraction of sp³-hybridized carbons (Fsp3) is 1.00. The van der Waals surface area contributed by atoms with Gasteiger partial charge >= 0.3 is 0 Å². The monoisotopic (exact) mass is 200 g/mol. The molecule has 1 fully saturated rings. The summed E-state index contributed by atoms with van der Waals surface area (Å²) in [5.41, 5.74) is 0.374. The highest BCUT2D eigenvalue weighted by Gasteiger charge is 2.38. The summed E-state index contributed by atoms with van der Waals surface area (Å²) in [6.07, 6.45) is 4.69. The molecule has 14 heavy (non-hydrogen) atoms. The highest BCUT2D eigenvalue weighted by Crippen LogP contribution is 2.44. The van der Waals surface area contributed by atoms with Crippen LogP contribution in [0.1, 0.15) is 53.4 Å². The molecule has 0 radical (unpaired) electrons. The van der Waals surface area contributed by atoms with Gasteiger partial charge in [0.2, 0.25) is 0 Å². The van der Waals surface area contributed by atoms with E-state index in [1.165, 1.54) is 19.3 Å². The third kappa shape index (κ3) is 2.48. The Kier molecular flexibility index (Phi) is 3.96. The Labute approximate surface area is 87.6 Å². The van der Waals surface area contributed by atoms with E-state index in [0.29, 0.717) is 17.3 Å². The van der Waals surface area contributed by atoms with Crippen LogP contribution in [0.15, 0.2) is 0 Å². The van der Waals surface area contributed by atoms with E-state index in [1.807, 2.05) is 0 Å². The first-order chi connectivity index (χ1) is 6.52. The van der Waals surface area contributed by atoms with Crippen LogP contribution in [-0.4, -0.2) is 11.4 Å². The van der Waals surface area contributed by atoms with Crippen LogP contribution in [0.2, 0.25) is 0 Å². The lowest BCUT2D eigenvalue weighted by atomic mass is 9.66. The summed E-state index contributed by atoms with van der Waals surface area (Å²) in [4.78, 5) is 4.66. The van der Waals surface area contributed by atoms with Crippen molar-refractivity contribution in [2.75, 3.05) is 0 Å². The summed E-state index contributed by atoms with van der Waals surface area (Å²) in [6, 6.07) is 0. The average Bonchev–Trinajstić information content (AvgIpc) is 2.17. The van der Waals surface area contributed by atoms with Gasteiger partial charge in [0.05, 0.1) is 6.10 Å². The van der Waals surface area contributed by atoms with Crippen molar-refractivity contribution in [1.82, 2.24) is 0 Å². The second-order valence-corrected chi connectivity index (χ2v) is 5.46. The van der Waals surface area contributed by atoms with Crippen molar-refractivity contribution >= 4 is 0 Å². The van der Waals surface area contributed by atoms with E-state index in [1.54, 1.807) is 0 Å². The van der Waals surface area contributed by atoms with Crippen LogP contribution in [0.25, 0.3) is 0 Å². The molecular formula is C12H24O2. The predicted octanol–water partition coefficient (Wildman–Crippen LogP) is 3.72. The third-order valence-electron chi connectivity index (χ3n) is 4.10. The van der Waals surface area contributed by atoms with Crippen LogP contribution >= 0.6 is 0 Å². The van der Waals surface area contributed by atoms with Crippen LogP contribution in [-0.2, 0) is 4.89 Å². The van der Waals surface area contributed by atoms with E-state index in [4.69, 9.17) is 5.26 Å². The summed E-state index contributed by atoms with van der Waals surface area (Å²) < 4.78 is 0. The molecule has 3 unspecified atom stereocenters. The fourth-order valence-electron chi connectivity index (χ4n) is 2.64. The second kappa shape index (κ2) is 4.63. The maximum absolute atomic E-state index is 8.94. The van der Waals surface area contributed by atoms with E-state index >= 15 is 0 Å². The quantitative estimate of drug-likeness (QED) is 0.556. The first-order valence-corrected chi connectivity index (χ1v) is 5.82. The molecule has 0 saturated heterocycles. The molecule has 0 aromatic heterocycles. The van der Waals surface area contributed by atoms with Crippen molar-refractivity contribution in [2.24, 2.45) is 17.3 Å². The highest BCUT2D eigenvalue weighted by atomic mass is 17.1. The van der Waals surface area contributed by atoms with Gasteiger partial charge in [-0.15, -0.1) is 0 Å². The van der Waals surface area contributed by atoms with Gasteiger partial charge < -0.3 is 0 Å². The number of rotatable bonds is 3. The predicted molar refractivity (Wildman–Crippen MR) is 58.1 cm³/mol. The minimum Gasteiger partial charge on any atom is -0.252 e. The number of hydrogen-bond donors (Lipinski definition) is 1. The minimum absolute atomic E-state index is 0.0497. The van der Waals surface area contributed by atoms with Gasteiger partial charge in [-0.05, 0) is 36.5 Å². The summed E-state index contributed by atoms with van der Waals surface area (Å²) in [5, 5.41) is 8.94.